The number of guanidine groups is 1. The fraction of sp³-hybridized carbons (Fsp3) is 0.278. The van der Waals surface area contributed by atoms with Crippen molar-refractivity contribution < 1.29 is 13.5 Å². The van der Waals surface area contributed by atoms with Gasteiger partial charge in [0.2, 0.25) is 0 Å². The molecule has 0 aliphatic heterocycles. The Balaban J connectivity index is 0.00000312. The van der Waals surface area contributed by atoms with Crippen LogP contribution in [-0.2, 0) is 13.1 Å². The van der Waals surface area contributed by atoms with E-state index in [9.17, 15) is 8.78 Å². The lowest BCUT2D eigenvalue weighted by atomic mass is 10.2. The standard InChI is InChI=1S/C18H21F2N3O.HI/c1-2-21-18(22-12-14-7-4-3-5-8-14)23-13-15-9-6-10-16(11-15)24-17(19)20;/h3-11,17H,2,12-13H2,1H3,(H2,21,22,23);1H. The molecule has 25 heavy (non-hydrogen) atoms. The van der Waals surface area contributed by atoms with Gasteiger partial charge in [0.05, 0.1) is 6.54 Å². The van der Waals surface area contributed by atoms with Gasteiger partial charge in [0.1, 0.15) is 5.75 Å². The van der Waals surface area contributed by atoms with Crippen LogP contribution in [-0.4, -0.2) is 19.1 Å². The van der Waals surface area contributed by atoms with Crippen molar-refractivity contribution in [2.24, 2.45) is 4.99 Å². The van der Waals surface area contributed by atoms with Crippen LogP contribution in [0.15, 0.2) is 59.6 Å². The maximum atomic E-state index is 12.3. The Hall–Kier alpha value is -1.90. The number of alkyl halides is 2. The fourth-order valence-electron chi connectivity index (χ4n) is 2.11. The first-order valence-electron chi connectivity index (χ1n) is 7.77. The van der Waals surface area contributed by atoms with Gasteiger partial charge in [0.25, 0.3) is 0 Å². The Morgan fingerprint density at radius 3 is 2.44 bits per heavy atom. The summed E-state index contributed by atoms with van der Waals surface area (Å²) in [6, 6.07) is 16.6. The van der Waals surface area contributed by atoms with Crippen LogP contribution in [0.4, 0.5) is 8.78 Å². The minimum Gasteiger partial charge on any atom is -0.435 e. The molecule has 0 heterocycles. The molecular weight excluding hydrogens is 439 g/mol. The number of ether oxygens (including phenoxy) is 1. The van der Waals surface area contributed by atoms with E-state index in [4.69, 9.17) is 0 Å². The number of aliphatic imine (C=N–C) groups is 1. The van der Waals surface area contributed by atoms with Crippen LogP contribution in [0.1, 0.15) is 18.1 Å². The van der Waals surface area contributed by atoms with Gasteiger partial charge in [-0.25, -0.2) is 4.99 Å². The van der Waals surface area contributed by atoms with Gasteiger partial charge in [-0.3, -0.25) is 0 Å². The molecule has 0 aliphatic rings. The predicted octanol–water partition coefficient (Wildman–Crippen LogP) is 4.16. The highest BCUT2D eigenvalue weighted by Crippen LogP contribution is 2.16. The maximum Gasteiger partial charge on any atom is 0.387 e. The summed E-state index contributed by atoms with van der Waals surface area (Å²) in [5.41, 5.74) is 1.94. The van der Waals surface area contributed by atoms with Crippen LogP contribution in [0.25, 0.3) is 0 Å². The number of halogens is 3. The summed E-state index contributed by atoms with van der Waals surface area (Å²) in [7, 11) is 0. The van der Waals surface area contributed by atoms with E-state index in [-0.39, 0.29) is 29.7 Å². The predicted molar refractivity (Wildman–Crippen MR) is 107 cm³/mol. The Morgan fingerprint density at radius 1 is 1.04 bits per heavy atom. The largest absolute Gasteiger partial charge is 0.435 e. The second-order valence-corrected chi connectivity index (χ2v) is 5.06. The molecule has 0 radical (unpaired) electrons. The Kier molecular flexibility index (Phi) is 9.83. The van der Waals surface area contributed by atoms with Crippen LogP contribution in [0, 0.1) is 0 Å². The van der Waals surface area contributed by atoms with Crippen molar-refractivity contribution in [3.8, 4) is 5.75 Å². The van der Waals surface area contributed by atoms with Crippen molar-refractivity contribution in [1.82, 2.24) is 10.6 Å². The minimum atomic E-state index is -2.83. The molecule has 4 nitrogen and oxygen atoms in total. The number of nitrogens with one attached hydrogen (secondary N) is 2. The highest BCUT2D eigenvalue weighted by atomic mass is 127. The third-order valence-electron chi connectivity index (χ3n) is 3.19. The molecular formula is C18H22F2IN3O. The summed E-state index contributed by atoms with van der Waals surface area (Å²) in [5, 5.41) is 6.40. The van der Waals surface area contributed by atoms with Gasteiger partial charge < -0.3 is 15.4 Å². The van der Waals surface area contributed by atoms with Crippen LogP contribution in [0.3, 0.4) is 0 Å². The van der Waals surface area contributed by atoms with E-state index in [1.165, 1.54) is 6.07 Å². The summed E-state index contributed by atoms with van der Waals surface area (Å²) >= 11 is 0. The van der Waals surface area contributed by atoms with Crippen LogP contribution in [0.5, 0.6) is 5.75 Å². The van der Waals surface area contributed by atoms with Gasteiger partial charge in [-0.2, -0.15) is 8.78 Å². The lowest BCUT2D eigenvalue weighted by Gasteiger charge is -2.11. The van der Waals surface area contributed by atoms with Crippen molar-refractivity contribution in [1.29, 1.82) is 0 Å². The lowest BCUT2D eigenvalue weighted by molar-refractivity contribution is -0.0498. The van der Waals surface area contributed by atoms with Gasteiger partial charge >= 0.3 is 6.61 Å². The molecule has 7 heteroatoms. The van der Waals surface area contributed by atoms with E-state index in [1.807, 2.05) is 43.3 Å². The summed E-state index contributed by atoms with van der Waals surface area (Å²) in [6.07, 6.45) is 0. The summed E-state index contributed by atoms with van der Waals surface area (Å²) < 4.78 is 28.9. The first-order chi connectivity index (χ1) is 11.7. The molecule has 136 valence electrons. The number of rotatable bonds is 7. The molecule has 0 saturated heterocycles. The Bertz CT molecular complexity index is 654. The number of benzene rings is 2. The summed E-state index contributed by atoms with van der Waals surface area (Å²) in [4.78, 5) is 4.47. The molecule has 0 atom stereocenters. The molecule has 0 amide bonds. The van der Waals surface area contributed by atoms with E-state index in [0.29, 0.717) is 19.0 Å². The zero-order valence-electron chi connectivity index (χ0n) is 13.9. The summed E-state index contributed by atoms with van der Waals surface area (Å²) in [6.45, 7) is 0.909. The molecule has 2 aromatic rings. The van der Waals surface area contributed by atoms with E-state index in [2.05, 4.69) is 20.4 Å². The monoisotopic (exact) mass is 461 g/mol. The normalized spacial score (nSPS) is 11.0. The Labute approximate surface area is 163 Å². The first kappa shape index (κ1) is 21.1. The maximum absolute atomic E-state index is 12.3. The Morgan fingerprint density at radius 2 is 1.76 bits per heavy atom. The molecule has 0 spiro atoms. The molecule has 0 fully saturated rings. The van der Waals surface area contributed by atoms with Crippen LogP contribution >= 0.6 is 24.0 Å². The number of nitrogens with zero attached hydrogens (tertiary/aromatic N) is 1. The van der Waals surface area contributed by atoms with Crippen molar-refractivity contribution >= 4 is 29.9 Å². The van der Waals surface area contributed by atoms with Gasteiger partial charge in [-0.1, -0.05) is 42.5 Å². The zero-order chi connectivity index (χ0) is 17.2. The third kappa shape index (κ3) is 8.15. The highest BCUT2D eigenvalue weighted by molar-refractivity contribution is 14.0. The quantitative estimate of drug-likeness (QED) is 0.370. The van der Waals surface area contributed by atoms with Gasteiger partial charge in [0, 0.05) is 13.1 Å². The van der Waals surface area contributed by atoms with Crippen LogP contribution < -0.4 is 15.4 Å². The highest BCUT2D eigenvalue weighted by Gasteiger charge is 2.05. The molecule has 2 N–H and O–H groups in total. The topological polar surface area (TPSA) is 45.7 Å². The van der Waals surface area contributed by atoms with E-state index in [1.54, 1.807) is 12.1 Å². The fourth-order valence-corrected chi connectivity index (χ4v) is 2.11. The van der Waals surface area contributed by atoms with Gasteiger partial charge in [0.15, 0.2) is 5.96 Å². The SMILES string of the molecule is CCNC(=NCc1cccc(OC(F)F)c1)NCc1ccccc1.I. The second-order valence-electron chi connectivity index (χ2n) is 5.06. The molecule has 2 rings (SSSR count). The van der Waals surface area contributed by atoms with Crippen LogP contribution in [0.2, 0.25) is 0 Å². The second kappa shape index (κ2) is 11.6. The van der Waals surface area contributed by atoms with Gasteiger partial charge in [-0.15, -0.1) is 24.0 Å². The van der Waals surface area contributed by atoms with E-state index in [0.717, 1.165) is 17.7 Å². The van der Waals surface area contributed by atoms with Crippen molar-refractivity contribution in [3.63, 3.8) is 0 Å². The number of hydrogen-bond donors (Lipinski definition) is 2. The van der Waals surface area contributed by atoms with E-state index >= 15 is 0 Å². The molecule has 0 saturated carbocycles. The summed E-state index contributed by atoms with van der Waals surface area (Å²) in [5.74, 6) is 0.807. The van der Waals surface area contributed by atoms with E-state index < -0.39 is 6.61 Å². The molecule has 2 aromatic carbocycles. The van der Waals surface area contributed by atoms with Crippen molar-refractivity contribution in [2.45, 2.75) is 26.6 Å². The minimum absolute atomic E-state index is 0. The average Bonchev–Trinajstić information content (AvgIpc) is 2.58. The third-order valence-corrected chi connectivity index (χ3v) is 3.19. The molecule has 0 bridgehead atoms. The molecule has 0 aromatic heterocycles. The molecule has 0 aliphatic carbocycles. The van der Waals surface area contributed by atoms with Gasteiger partial charge in [-0.05, 0) is 30.2 Å². The zero-order valence-corrected chi connectivity index (χ0v) is 16.2. The van der Waals surface area contributed by atoms with Crippen molar-refractivity contribution in [3.05, 3.63) is 65.7 Å². The molecule has 0 unspecified atom stereocenters. The lowest BCUT2D eigenvalue weighted by Crippen LogP contribution is -2.36. The smallest absolute Gasteiger partial charge is 0.387 e. The average molecular weight is 461 g/mol. The first-order valence-corrected chi connectivity index (χ1v) is 7.77. The number of hydrogen-bond acceptors (Lipinski definition) is 2. The van der Waals surface area contributed by atoms with Crippen molar-refractivity contribution in [2.75, 3.05) is 6.54 Å².